The van der Waals surface area contributed by atoms with Gasteiger partial charge in [-0.1, -0.05) is 86.0 Å². The second-order valence-electron chi connectivity index (χ2n) is 8.99. The van der Waals surface area contributed by atoms with Crippen molar-refractivity contribution in [1.29, 1.82) is 5.26 Å². The predicted molar refractivity (Wildman–Crippen MR) is 138 cm³/mol. The third-order valence-corrected chi connectivity index (χ3v) is 6.26. The lowest BCUT2D eigenvalue weighted by Gasteiger charge is -2.36. The molecule has 2 aromatic rings. The first-order valence-electron chi connectivity index (χ1n) is 11.2. The van der Waals surface area contributed by atoms with Gasteiger partial charge in [0.2, 0.25) is 0 Å². The standard InChI is InChI=1S/C28H38N2.ClH/c1-7-24(6)28(21-29,27-14-10-12-25-11-8-9-13-26(25)27)17-20-30(18-15-22(2)3)19-16-23(4)5;/h8-16,24H,7,17-20H2,1-6H3;1H. The fourth-order valence-electron chi connectivity index (χ4n) is 4.05. The maximum Gasteiger partial charge on any atom is 0.0865 e. The topological polar surface area (TPSA) is 27.0 Å². The van der Waals surface area contributed by atoms with Crippen molar-refractivity contribution < 1.29 is 0 Å². The molecule has 3 heteroatoms. The summed E-state index contributed by atoms with van der Waals surface area (Å²) in [6, 6.07) is 17.7. The Morgan fingerprint density at radius 2 is 1.58 bits per heavy atom. The summed E-state index contributed by atoms with van der Waals surface area (Å²) in [7, 11) is 0. The molecule has 0 amide bonds. The Kier molecular flexibility index (Phi) is 11.0. The van der Waals surface area contributed by atoms with Crippen LogP contribution in [0.4, 0.5) is 0 Å². The van der Waals surface area contributed by atoms with Crippen LogP contribution < -0.4 is 0 Å². The van der Waals surface area contributed by atoms with Gasteiger partial charge in [-0.15, -0.1) is 12.4 Å². The Morgan fingerprint density at radius 1 is 1.00 bits per heavy atom. The number of allylic oxidation sites excluding steroid dienone is 2. The first-order valence-corrected chi connectivity index (χ1v) is 11.2. The molecule has 0 aliphatic heterocycles. The molecule has 2 unspecified atom stereocenters. The van der Waals surface area contributed by atoms with Crippen LogP contribution in [0.3, 0.4) is 0 Å². The summed E-state index contributed by atoms with van der Waals surface area (Å²) < 4.78 is 0. The van der Waals surface area contributed by atoms with E-state index < -0.39 is 5.41 Å². The molecule has 0 saturated carbocycles. The first-order chi connectivity index (χ1) is 14.3. The highest BCUT2D eigenvalue weighted by atomic mass is 35.5. The van der Waals surface area contributed by atoms with Crippen LogP contribution in [0.1, 0.15) is 59.9 Å². The molecule has 0 aromatic heterocycles. The zero-order chi connectivity index (χ0) is 22.1. The molecular weight excluding hydrogens is 400 g/mol. The second-order valence-corrected chi connectivity index (χ2v) is 8.99. The quantitative estimate of drug-likeness (QED) is 0.355. The van der Waals surface area contributed by atoms with Crippen LogP contribution in [0.2, 0.25) is 0 Å². The zero-order valence-corrected chi connectivity index (χ0v) is 20.9. The molecule has 2 aromatic carbocycles. The number of nitriles is 1. The van der Waals surface area contributed by atoms with Crippen molar-refractivity contribution in [3.63, 3.8) is 0 Å². The Labute approximate surface area is 196 Å². The van der Waals surface area contributed by atoms with E-state index in [9.17, 15) is 5.26 Å². The molecule has 0 aliphatic rings. The highest BCUT2D eigenvalue weighted by Crippen LogP contribution is 2.41. The minimum absolute atomic E-state index is 0. The van der Waals surface area contributed by atoms with Gasteiger partial charge in [0.25, 0.3) is 0 Å². The van der Waals surface area contributed by atoms with E-state index in [1.807, 2.05) is 0 Å². The molecule has 0 N–H and O–H groups in total. The summed E-state index contributed by atoms with van der Waals surface area (Å²) in [6.07, 6.45) is 6.39. The molecule has 31 heavy (non-hydrogen) atoms. The average molecular weight is 439 g/mol. The number of fused-ring (bicyclic) bond motifs is 1. The summed E-state index contributed by atoms with van der Waals surface area (Å²) in [6.45, 7) is 15.8. The molecule has 0 saturated heterocycles. The minimum Gasteiger partial charge on any atom is -0.296 e. The van der Waals surface area contributed by atoms with Crippen LogP contribution in [0, 0.1) is 17.2 Å². The highest BCUT2D eigenvalue weighted by molar-refractivity contribution is 5.87. The van der Waals surface area contributed by atoms with E-state index in [1.165, 1.54) is 27.5 Å². The van der Waals surface area contributed by atoms with Crippen molar-refractivity contribution in [2.24, 2.45) is 5.92 Å². The van der Waals surface area contributed by atoms with Crippen molar-refractivity contribution in [3.05, 3.63) is 71.3 Å². The van der Waals surface area contributed by atoms with Crippen LogP contribution in [0.15, 0.2) is 65.8 Å². The summed E-state index contributed by atoms with van der Waals surface area (Å²) in [5.74, 6) is 0.280. The normalized spacial score (nSPS) is 13.6. The number of hydrogen-bond donors (Lipinski definition) is 0. The van der Waals surface area contributed by atoms with Crippen molar-refractivity contribution in [2.75, 3.05) is 19.6 Å². The summed E-state index contributed by atoms with van der Waals surface area (Å²) in [4.78, 5) is 2.46. The molecule has 2 rings (SSSR count). The number of hydrogen-bond acceptors (Lipinski definition) is 2. The molecule has 2 atom stereocenters. The molecule has 0 heterocycles. The SMILES string of the molecule is CCC(C)C(C#N)(CCN(CC=C(C)C)CC=C(C)C)c1cccc2ccccc12.Cl. The highest BCUT2D eigenvalue weighted by Gasteiger charge is 2.38. The van der Waals surface area contributed by atoms with Crippen LogP contribution in [-0.2, 0) is 5.41 Å². The van der Waals surface area contributed by atoms with Crippen molar-refractivity contribution in [1.82, 2.24) is 4.90 Å². The van der Waals surface area contributed by atoms with Crippen LogP contribution >= 0.6 is 12.4 Å². The molecule has 0 radical (unpaired) electrons. The van der Waals surface area contributed by atoms with Gasteiger partial charge in [-0.2, -0.15) is 5.26 Å². The van der Waals surface area contributed by atoms with Crippen LogP contribution in [0.25, 0.3) is 10.8 Å². The van der Waals surface area contributed by atoms with E-state index in [2.05, 4.69) is 107 Å². The smallest absolute Gasteiger partial charge is 0.0865 e. The summed E-state index contributed by atoms with van der Waals surface area (Å²) in [5.41, 5.74) is 3.35. The molecule has 0 aliphatic carbocycles. The van der Waals surface area contributed by atoms with Gasteiger partial charge >= 0.3 is 0 Å². The Balaban J connectivity index is 0.00000480. The first kappa shape index (κ1) is 27.0. The minimum atomic E-state index is -0.496. The molecular formula is C28H39ClN2. The van der Waals surface area contributed by atoms with Crippen molar-refractivity contribution >= 4 is 23.2 Å². The Morgan fingerprint density at radius 3 is 2.13 bits per heavy atom. The van der Waals surface area contributed by atoms with E-state index >= 15 is 0 Å². The summed E-state index contributed by atoms with van der Waals surface area (Å²) >= 11 is 0. The van der Waals surface area contributed by atoms with Crippen LogP contribution in [-0.4, -0.2) is 24.5 Å². The summed E-state index contributed by atoms with van der Waals surface area (Å²) in [5, 5.41) is 13.0. The van der Waals surface area contributed by atoms with Gasteiger partial charge in [-0.3, -0.25) is 4.90 Å². The average Bonchev–Trinajstić information content (AvgIpc) is 2.75. The third kappa shape index (κ3) is 6.96. The van der Waals surface area contributed by atoms with Gasteiger partial charge < -0.3 is 0 Å². The van der Waals surface area contributed by atoms with Gasteiger partial charge in [0.1, 0.15) is 0 Å². The molecule has 0 fully saturated rings. The van der Waals surface area contributed by atoms with Gasteiger partial charge in [-0.25, -0.2) is 0 Å². The van der Waals surface area contributed by atoms with E-state index in [4.69, 9.17) is 0 Å². The van der Waals surface area contributed by atoms with E-state index in [1.54, 1.807) is 0 Å². The van der Waals surface area contributed by atoms with Crippen LogP contribution in [0.5, 0.6) is 0 Å². The fourth-order valence-corrected chi connectivity index (χ4v) is 4.05. The lowest BCUT2D eigenvalue weighted by Crippen LogP contribution is -2.37. The maximum absolute atomic E-state index is 10.5. The largest absolute Gasteiger partial charge is 0.296 e. The van der Waals surface area contributed by atoms with Gasteiger partial charge in [0, 0.05) is 19.6 Å². The van der Waals surface area contributed by atoms with Crippen molar-refractivity contribution in [3.8, 4) is 6.07 Å². The van der Waals surface area contributed by atoms with E-state index in [-0.39, 0.29) is 18.3 Å². The molecule has 168 valence electrons. The third-order valence-electron chi connectivity index (χ3n) is 6.26. The maximum atomic E-state index is 10.5. The van der Waals surface area contributed by atoms with Gasteiger partial charge in [-0.05, 0) is 56.4 Å². The number of benzene rings is 2. The predicted octanol–water partition coefficient (Wildman–Crippen LogP) is 7.69. The van der Waals surface area contributed by atoms with E-state index in [0.29, 0.717) is 0 Å². The number of rotatable bonds is 10. The molecule has 2 nitrogen and oxygen atoms in total. The monoisotopic (exact) mass is 438 g/mol. The second kappa shape index (κ2) is 12.7. The Hall–Kier alpha value is -2.08. The lowest BCUT2D eigenvalue weighted by molar-refractivity contribution is 0.259. The lowest BCUT2D eigenvalue weighted by atomic mass is 9.67. The zero-order valence-electron chi connectivity index (χ0n) is 20.1. The molecule has 0 spiro atoms. The van der Waals surface area contributed by atoms with Crippen molar-refractivity contribution in [2.45, 2.75) is 59.8 Å². The fraction of sp³-hybridized carbons (Fsp3) is 0.464. The van der Waals surface area contributed by atoms with Gasteiger partial charge in [0.05, 0.1) is 11.5 Å². The Bertz CT molecular complexity index is 904. The molecule has 0 bridgehead atoms. The number of halogens is 1. The van der Waals surface area contributed by atoms with Gasteiger partial charge in [0.15, 0.2) is 0 Å². The van der Waals surface area contributed by atoms with E-state index in [0.717, 1.165) is 32.5 Å². The number of nitrogens with zero attached hydrogens (tertiary/aromatic N) is 2.